The first-order valence-electron chi connectivity index (χ1n) is 14.2. The third-order valence-corrected chi connectivity index (χ3v) is 8.39. The van der Waals surface area contributed by atoms with Crippen LogP contribution in [0.2, 0.25) is 0 Å². The Morgan fingerprint density at radius 1 is 1.07 bits per heavy atom. The first-order valence-corrected chi connectivity index (χ1v) is 14.2. The molecular weight excluding hydrogens is 522 g/mol. The number of amides is 2. The van der Waals surface area contributed by atoms with Crippen LogP contribution in [-0.2, 0) is 14.4 Å². The van der Waals surface area contributed by atoms with Gasteiger partial charge in [0.05, 0.1) is 5.71 Å². The number of alkyl halides is 1. The number of ether oxygens (including phenoxy) is 2. The number of nitrogens with zero attached hydrogens (tertiary/aromatic N) is 4. The van der Waals surface area contributed by atoms with E-state index in [1.54, 1.807) is 15.9 Å². The number of fused-ring (bicyclic) bond motifs is 1. The van der Waals surface area contributed by atoms with E-state index in [0.29, 0.717) is 81.5 Å². The van der Waals surface area contributed by atoms with E-state index < -0.39 is 22.8 Å². The number of likely N-dealkylation sites (tertiary alicyclic amines) is 3. The normalized spacial score (nSPS) is 23.8. The van der Waals surface area contributed by atoms with E-state index in [2.05, 4.69) is 10.1 Å². The molecule has 1 aromatic rings. The lowest BCUT2D eigenvalue weighted by atomic mass is 9.81. The van der Waals surface area contributed by atoms with Gasteiger partial charge in [-0.2, -0.15) is 0 Å². The van der Waals surface area contributed by atoms with Crippen molar-refractivity contribution in [1.29, 1.82) is 0 Å². The number of halogens is 2. The Labute approximate surface area is 234 Å². The Morgan fingerprint density at radius 3 is 2.38 bits per heavy atom. The van der Waals surface area contributed by atoms with Crippen LogP contribution in [0.5, 0.6) is 5.75 Å². The lowest BCUT2D eigenvalue weighted by Crippen LogP contribution is -2.59. The number of benzene rings is 1. The van der Waals surface area contributed by atoms with Gasteiger partial charge < -0.3 is 29.0 Å². The molecule has 0 unspecified atom stereocenters. The summed E-state index contributed by atoms with van der Waals surface area (Å²) in [6, 6.07) is 4.33. The van der Waals surface area contributed by atoms with Crippen LogP contribution in [0.3, 0.4) is 0 Å². The van der Waals surface area contributed by atoms with Gasteiger partial charge in [0.2, 0.25) is 0 Å². The molecule has 0 N–H and O–H groups in total. The van der Waals surface area contributed by atoms with Gasteiger partial charge in [-0.3, -0.25) is 4.79 Å². The van der Waals surface area contributed by atoms with Crippen molar-refractivity contribution in [2.45, 2.75) is 69.7 Å². The minimum Gasteiger partial charge on any atom is -0.486 e. The molecule has 3 fully saturated rings. The molecule has 0 saturated carbocycles. The molecule has 1 aromatic carbocycles. The zero-order chi connectivity index (χ0) is 28.7. The molecular formula is C29H40F2N4O5. The third kappa shape index (κ3) is 6.04. The van der Waals surface area contributed by atoms with E-state index in [4.69, 9.17) is 14.3 Å². The molecule has 0 atom stereocenters. The molecule has 4 aliphatic rings. The molecule has 4 heterocycles. The summed E-state index contributed by atoms with van der Waals surface area (Å²) in [6.45, 7) is 9.39. The predicted molar refractivity (Wildman–Crippen MR) is 145 cm³/mol. The van der Waals surface area contributed by atoms with E-state index in [1.165, 1.54) is 19.2 Å². The predicted octanol–water partition coefficient (Wildman–Crippen LogP) is 3.99. The van der Waals surface area contributed by atoms with Gasteiger partial charge in [-0.15, -0.1) is 0 Å². The Morgan fingerprint density at radius 2 is 1.75 bits per heavy atom. The van der Waals surface area contributed by atoms with Crippen molar-refractivity contribution < 1.29 is 32.7 Å². The molecule has 220 valence electrons. The summed E-state index contributed by atoms with van der Waals surface area (Å²) < 4.78 is 41.5. The number of piperidine rings is 2. The van der Waals surface area contributed by atoms with Gasteiger partial charge in [0.25, 0.3) is 5.91 Å². The number of carbonyl (C=O) groups excluding carboxylic acids is 2. The minimum absolute atomic E-state index is 0.163. The highest BCUT2D eigenvalue weighted by atomic mass is 19.1. The average Bonchev–Trinajstić information content (AvgIpc) is 2.87. The maximum Gasteiger partial charge on any atom is 0.410 e. The molecule has 9 nitrogen and oxygen atoms in total. The summed E-state index contributed by atoms with van der Waals surface area (Å²) in [7, 11) is 1.45. The van der Waals surface area contributed by atoms with E-state index in [1.807, 2.05) is 20.8 Å². The van der Waals surface area contributed by atoms with Crippen molar-refractivity contribution in [1.82, 2.24) is 14.7 Å². The summed E-state index contributed by atoms with van der Waals surface area (Å²) in [5.74, 6) is 0.0542. The van der Waals surface area contributed by atoms with Crippen molar-refractivity contribution in [2.75, 3.05) is 52.9 Å². The van der Waals surface area contributed by atoms with Gasteiger partial charge in [0, 0.05) is 89.4 Å². The maximum absolute atomic E-state index is 15.9. The van der Waals surface area contributed by atoms with Crippen LogP contribution < -0.4 is 4.74 Å². The fourth-order valence-electron chi connectivity index (χ4n) is 6.19. The van der Waals surface area contributed by atoms with Crippen LogP contribution in [0.15, 0.2) is 23.4 Å². The van der Waals surface area contributed by atoms with Crippen molar-refractivity contribution in [3.63, 3.8) is 0 Å². The number of rotatable bonds is 4. The fraction of sp³-hybridized carbons (Fsp3) is 0.690. The van der Waals surface area contributed by atoms with Crippen LogP contribution in [-0.4, -0.2) is 102 Å². The zero-order valence-corrected chi connectivity index (χ0v) is 23.9. The van der Waals surface area contributed by atoms with Gasteiger partial charge in [0.15, 0.2) is 5.67 Å². The SMILES string of the molecule is CO/N=C1\CC2(CCN(C(=O)C3(F)CCN(CC4CN(C(=O)OC(C)(C)C)C4)CC3)CC2)Oc2ccc(F)cc21. The largest absolute Gasteiger partial charge is 0.486 e. The molecule has 11 heteroatoms. The average molecular weight is 563 g/mol. The molecule has 0 bridgehead atoms. The second kappa shape index (κ2) is 10.8. The highest BCUT2D eigenvalue weighted by Crippen LogP contribution is 2.41. The van der Waals surface area contributed by atoms with Crippen LogP contribution >= 0.6 is 0 Å². The van der Waals surface area contributed by atoms with Gasteiger partial charge in [-0.05, 0) is 39.0 Å². The van der Waals surface area contributed by atoms with E-state index in [-0.39, 0.29) is 24.8 Å². The number of hydrogen-bond acceptors (Lipinski definition) is 7. The van der Waals surface area contributed by atoms with Crippen molar-refractivity contribution in [3.05, 3.63) is 29.6 Å². The quantitative estimate of drug-likeness (QED) is 0.516. The number of hydrogen-bond donors (Lipinski definition) is 0. The molecule has 0 radical (unpaired) electrons. The van der Waals surface area contributed by atoms with Crippen molar-refractivity contribution in [2.24, 2.45) is 11.1 Å². The molecule has 5 rings (SSSR count). The Hall–Kier alpha value is -2.95. The molecule has 0 aliphatic carbocycles. The molecule has 3 saturated heterocycles. The summed E-state index contributed by atoms with van der Waals surface area (Å²) in [5, 5.41) is 4.12. The van der Waals surface area contributed by atoms with Crippen LogP contribution in [0.4, 0.5) is 13.6 Å². The smallest absolute Gasteiger partial charge is 0.410 e. The number of carbonyl (C=O) groups is 2. The minimum atomic E-state index is -1.87. The highest BCUT2D eigenvalue weighted by molar-refractivity contribution is 6.04. The van der Waals surface area contributed by atoms with Crippen LogP contribution in [0, 0.1) is 11.7 Å². The van der Waals surface area contributed by atoms with E-state index in [9.17, 15) is 14.0 Å². The van der Waals surface area contributed by atoms with Gasteiger partial charge in [-0.1, -0.05) is 5.16 Å². The van der Waals surface area contributed by atoms with E-state index in [0.717, 1.165) is 6.54 Å². The Balaban J connectivity index is 1.10. The van der Waals surface area contributed by atoms with Crippen molar-refractivity contribution >= 4 is 17.7 Å². The van der Waals surface area contributed by atoms with Gasteiger partial charge in [-0.25, -0.2) is 13.6 Å². The standard InChI is InChI=1S/C29H40F2N4O5/c1-27(2,3)40-26(37)35-18-20(19-35)17-33-11-9-29(31,10-12-33)25(36)34-13-7-28(8-14-34)16-23(32-38-4)22-15-21(30)5-6-24(22)39-28/h5-6,15,20H,7-14,16-19H2,1-4H3/b32-23+. The summed E-state index contributed by atoms with van der Waals surface area (Å²) >= 11 is 0. The summed E-state index contributed by atoms with van der Waals surface area (Å²) in [4.78, 5) is 36.0. The van der Waals surface area contributed by atoms with Crippen LogP contribution in [0.1, 0.15) is 58.4 Å². The van der Waals surface area contributed by atoms with E-state index >= 15 is 4.39 Å². The second-order valence-electron chi connectivity index (χ2n) is 12.6. The molecule has 4 aliphatic heterocycles. The Kier molecular flexibility index (Phi) is 7.71. The number of oxime groups is 1. The van der Waals surface area contributed by atoms with Crippen molar-refractivity contribution in [3.8, 4) is 5.75 Å². The first kappa shape index (κ1) is 28.6. The first-order chi connectivity index (χ1) is 18.9. The van der Waals surface area contributed by atoms with Crippen LogP contribution in [0.25, 0.3) is 0 Å². The maximum atomic E-state index is 15.9. The topological polar surface area (TPSA) is 83.9 Å². The lowest BCUT2D eigenvalue weighted by molar-refractivity contribution is -0.151. The lowest BCUT2D eigenvalue weighted by Gasteiger charge is -2.47. The monoisotopic (exact) mass is 562 g/mol. The third-order valence-electron chi connectivity index (χ3n) is 8.39. The summed E-state index contributed by atoms with van der Waals surface area (Å²) in [5.41, 5.74) is -1.80. The van der Waals surface area contributed by atoms with Gasteiger partial charge in [0.1, 0.15) is 29.9 Å². The molecule has 40 heavy (non-hydrogen) atoms. The zero-order valence-electron chi connectivity index (χ0n) is 23.9. The second-order valence-corrected chi connectivity index (χ2v) is 12.6. The molecule has 0 aromatic heterocycles. The molecule has 2 amide bonds. The van der Waals surface area contributed by atoms with Gasteiger partial charge >= 0.3 is 6.09 Å². The Bertz CT molecular complexity index is 1150. The molecule has 1 spiro atoms. The summed E-state index contributed by atoms with van der Waals surface area (Å²) in [6.07, 6.45) is 1.51. The highest BCUT2D eigenvalue weighted by Gasteiger charge is 2.49. The fourth-order valence-corrected chi connectivity index (χ4v) is 6.19.